The van der Waals surface area contributed by atoms with Crippen LogP contribution in [0.4, 0.5) is 0 Å². The summed E-state index contributed by atoms with van der Waals surface area (Å²) in [7, 11) is -3.83. The van der Waals surface area contributed by atoms with Crippen molar-refractivity contribution in [3.63, 3.8) is 0 Å². The lowest BCUT2D eigenvalue weighted by molar-refractivity contribution is -0.122. The summed E-state index contributed by atoms with van der Waals surface area (Å²) in [6.45, 7) is 1.49. The van der Waals surface area contributed by atoms with Gasteiger partial charge in [0, 0.05) is 11.8 Å². The second-order valence-corrected chi connectivity index (χ2v) is 8.51. The van der Waals surface area contributed by atoms with Crippen molar-refractivity contribution in [1.29, 1.82) is 0 Å². The highest BCUT2D eigenvalue weighted by atomic mass is 32.2. The largest absolute Gasteiger partial charge is 0.298 e. The van der Waals surface area contributed by atoms with Crippen LogP contribution in [0.3, 0.4) is 0 Å². The first kappa shape index (κ1) is 16.3. The number of hydrogen-bond donors (Lipinski definition) is 0. The summed E-state index contributed by atoms with van der Waals surface area (Å²) in [6, 6.07) is 6.49. The van der Waals surface area contributed by atoms with Crippen LogP contribution in [0, 0.1) is 18.8 Å². The van der Waals surface area contributed by atoms with Gasteiger partial charge in [0.15, 0.2) is 11.6 Å². The van der Waals surface area contributed by atoms with Crippen LogP contribution in [0.5, 0.6) is 0 Å². The molecule has 2 aliphatic carbocycles. The van der Waals surface area contributed by atoms with Crippen LogP contribution in [0.25, 0.3) is 0 Å². The van der Waals surface area contributed by atoms with Gasteiger partial charge in [-0.25, -0.2) is 8.42 Å². The first-order valence-electron chi connectivity index (χ1n) is 8.00. The highest BCUT2D eigenvalue weighted by Gasteiger charge is 2.37. The molecule has 23 heavy (non-hydrogen) atoms. The Bertz CT molecular complexity index is 689. The van der Waals surface area contributed by atoms with Gasteiger partial charge in [-0.1, -0.05) is 17.7 Å². The Hall–Kier alpha value is -1.53. The fraction of sp³-hybridized carbons (Fsp3) is 0.529. The van der Waals surface area contributed by atoms with E-state index in [0.717, 1.165) is 35.6 Å². The first-order valence-corrected chi connectivity index (χ1v) is 9.44. The topological polar surface area (TPSA) is 71.5 Å². The van der Waals surface area contributed by atoms with Gasteiger partial charge in [-0.3, -0.25) is 9.59 Å². The molecule has 0 N–H and O–H groups in total. The van der Waals surface area contributed by atoms with Crippen LogP contribution >= 0.6 is 0 Å². The molecule has 1 aromatic rings. The first-order chi connectivity index (χ1) is 10.9. The number of sulfonamides is 1. The molecular formula is C17H21NO4S. The Morgan fingerprint density at radius 2 is 1.39 bits per heavy atom. The smallest absolute Gasteiger partial charge is 0.243 e. The molecule has 2 aliphatic rings. The zero-order valence-electron chi connectivity index (χ0n) is 13.2. The molecule has 2 saturated carbocycles. The Labute approximate surface area is 136 Å². The van der Waals surface area contributed by atoms with Crippen molar-refractivity contribution in [2.75, 3.05) is 13.1 Å². The minimum absolute atomic E-state index is 0.0262. The van der Waals surface area contributed by atoms with Crippen LogP contribution in [0.15, 0.2) is 29.2 Å². The molecule has 0 amide bonds. The molecule has 0 aromatic heterocycles. The van der Waals surface area contributed by atoms with E-state index < -0.39 is 10.0 Å². The predicted octanol–water partition coefficient (Wildman–Crippen LogP) is 1.94. The van der Waals surface area contributed by atoms with Crippen LogP contribution in [-0.2, 0) is 19.6 Å². The fourth-order valence-corrected chi connectivity index (χ4v) is 3.87. The molecule has 0 bridgehead atoms. The lowest BCUT2D eigenvalue weighted by Crippen LogP contribution is -2.40. The zero-order chi connectivity index (χ0) is 16.6. The average molecular weight is 335 g/mol. The van der Waals surface area contributed by atoms with E-state index in [4.69, 9.17) is 0 Å². The number of nitrogens with zero attached hydrogens (tertiary/aromatic N) is 1. The third-order valence-corrected chi connectivity index (χ3v) is 6.19. The minimum Gasteiger partial charge on any atom is -0.298 e. The van der Waals surface area contributed by atoms with Gasteiger partial charge in [-0.15, -0.1) is 0 Å². The molecule has 0 spiro atoms. The van der Waals surface area contributed by atoms with Crippen molar-refractivity contribution in [3.05, 3.63) is 29.8 Å². The Kier molecular flexibility index (Phi) is 4.38. The number of benzene rings is 1. The number of carbonyl (C=O) groups is 2. The van der Waals surface area contributed by atoms with E-state index in [-0.39, 0.29) is 41.4 Å². The van der Waals surface area contributed by atoms with Gasteiger partial charge < -0.3 is 0 Å². The minimum atomic E-state index is -3.83. The van der Waals surface area contributed by atoms with Gasteiger partial charge >= 0.3 is 0 Å². The summed E-state index contributed by atoms with van der Waals surface area (Å²) in [5.74, 6) is -0.211. The van der Waals surface area contributed by atoms with Gasteiger partial charge in [0.05, 0.1) is 18.0 Å². The summed E-state index contributed by atoms with van der Waals surface area (Å²) in [5, 5.41) is 0. The molecule has 0 aliphatic heterocycles. The molecule has 2 fully saturated rings. The highest BCUT2D eigenvalue weighted by Crippen LogP contribution is 2.32. The third-order valence-electron chi connectivity index (χ3n) is 4.39. The normalized spacial score (nSPS) is 18.2. The van der Waals surface area contributed by atoms with Crippen LogP contribution in [0.1, 0.15) is 31.2 Å². The molecule has 0 saturated heterocycles. The van der Waals surface area contributed by atoms with Crippen molar-refractivity contribution in [2.24, 2.45) is 11.8 Å². The summed E-state index contributed by atoms with van der Waals surface area (Å²) in [5.41, 5.74) is 0.957. The van der Waals surface area contributed by atoms with E-state index >= 15 is 0 Å². The van der Waals surface area contributed by atoms with Crippen LogP contribution in [-0.4, -0.2) is 37.4 Å². The Balaban J connectivity index is 1.83. The molecule has 0 unspecified atom stereocenters. The highest BCUT2D eigenvalue weighted by molar-refractivity contribution is 7.89. The third kappa shape index (κ3) is 3.87. The lowest BCUT2D eigenvalue weighted by Gasteiger charge is -2.21. The van der Waals surface area contributed by atoms with Gasteiger partial charge in [0.2, 0.25) is 10.0 Å². The maximum Gasteiger partial charge on any atom is 0.243 e. The number of carbonyl (C=O) groups excluding carboxylic acids is 2. The van der Waals surface area contributed by atoms with Gasteiger partial charge in [0.25, 0.3) is 0 Å². The predicted molar refractivity (Wildman–Crippen MR) is 85.4 cm³/mol. The number of rotatable bonds is 8. The number of hydrogen-bond acceptors (Lipinski definition) is 4. The van der Waals surface area contributed by atoms with E-state index in [9.17, 15) is 18.0 Å². The van der Waals surface area contributed by atoms with Crippen LogP contribution in [0.2, 0.25) is 0 Å². The number of ketones is 2. The summed E-state index contributed by atoms with van der Waals surface area (Å²) in [6.07, 6.45) is 3.31. The number of aryl methyl sites for hydroxylation is 1. The van der Waals surface area contributed by atoms with Gasteiger partial charge in [-0.05, 0) is 44.7 Å². The lowest BCUT2D eigenvalue weighted by atomic mass is 10.2. The monoisotopic (exact) mass is 335 g/mol. The maximum absolute atomic E-state index is 12.8. The van der Waals surface area contributed by atoms with Crippen molar-refractivity contribution < 1.29 is 18.0 Å². The molecule has 0 radical (unpaired) electrons. The molecule has 6 heteroatoms. The van der Waals surface area contributed by atoms with Gasteiger partial charge in [0.1, 0.15) is 0 Å². The SMILES string of the molecule is Cc1ccc(S(=O)(=O)N(CC(=O)C2CC2)CC(=O)C2CC2)cc1. The molecule has 0 heterocycles. The molecule has 5 nitrogen and oxygen atoms in total. The average Bonchev–Trinajstić information content (AvgIpc) is 3.40. The van der Waals surface area contributed by atoms with Gasteiger partial charge in [-0.2, -0.15) is 4.31 Å². The zero-order valence-corrected chi connectivity index (χ0v) is 14.0. The van der Waals surface area contributed by atoms with E-state index in [1.165, 1.54) is 12.1 Å². The van der Waals surface area contributed by atoms with Crippen molar-refractivity contribution in [3.8, 4) is 0 Å². The second kappa shape index (κ2) is 6.17. The van der Waals surface area contributed by atoms with E-state index in [1.54, 1.807) is 12.1 Å². The number of Topliss-reactive ketones (excluding diaryl/α,β-unsaturated/α-hetero) is 2. The quantitative estimate of drug-likeness (QED) is 0.728. The standard InChI is InChI=1S/C17H21NO4S/c1-12-2-8-15(9-3-12)23(21,22)18(10-16(19)13-4-5-13)11-17(20)14-6-7-14/h2-3,8-9,13-14H,4-7,10-11H2,1H3. The Morgan fingerprint density at radius 1 is 0.957 bits per heavy atom. The van der Waals surface area contributed by atoms with Crippen molar-refractivity contribution >= 4 is 21.6 Å². The van der Waals surface area contributed by atoms with Crippen molar-refractivity contribution in [1.82, 2.24) is 4.31 Å². The summed E-state index contributed by atoms with van der Waals surface area (Å²) >= 11 is 0. The molecule has 124 valence electrons. The molecular weight excluding hydrogens is 314 g/mol. The second-order valence-electron chi connectivity index (χ2n) is 6.57. The van der Waals surface area contributed by atoms with E-state index in [2.05, 4.69) is 0 Å². The van der Waals surface area contributed by atoms with E-state index in [1.807, 2.05) is 6.92 Å². The van der Waals surface area contributed by atoms with Crippen molar-refractivity contribution in [2.45, 2.75) is 37.5 Å². The van der Waals surface area contributed by atoms with Crippen LogP contribution < -0.4 is 0 Å². The molecule has 1 aromatic carbocycles. The molecule has 3 rings (SSSR count). The summed E-state index contributed by atoms with van der Waals surface area (Å²) < 4.78 is 26.7. The Morgan fingerprint density at radius 3 is 1.78 bits per heavy atom. The van der Waals surface area contributed by atoms with E-state index in [0.29, 0.717) is 0 Å². The molecule has 0 atom stereocenters. The fourth-order valence-electron chi connectivity index (χ4n) is 2.50. The summed E-state index contributed by atoms with van der Waals surface area (Å²) in [4.78, 5) is 24.3. The maximum atomic E-state index is 12.8.